The Bertz CT molecular complexity index is 639. The number of hydrogen-bond acceptors (Lipinski definition) is 3. The van der Waals surface area contributed by atoms with Gasteiger partial charge in [-0.05, 0) is 18.9 Å². The summed E-state index contributed by atoms with van der Waals surface area (Å²) < 4.78 is 0. The van der Waals surface area contributed by atoms with E-state index in [4.69, 9.17) is 5.26 Å². The molecule has 0 aromatic carbocycles. The number of nitrogens with zero attached hydrogens (tertiary/aromatic N) is 3. The second kappa shape index (κ2) is 6.45. The van der Waals surface area contributed by atoms with E-state index >= 15 is 0 Å². The molecule has 6 nitrogen and oxygen atoms in total. The third-order valence-electron chi connectivity index (χ3n) is 4.93. The summed E-state index contributed by atoms with van der Waals surface area (Å²) in [6.07, 6.45) is 6.72. The number of hydrogen-bond donors (Lipinski definition) is 1. The highest BCUT2D eigenvalue weighted by Gasteiger charge is 2.36. The average Bonchev–Trinajstić information content (AvgIpc) is 3.26. The van der Waals surface area contributed by atoms with Crippen LogP contribution < -0.4 is 0 Å². The van der Waals surface area contributed by atoms with Gasteiger partial charge in [0, 0.05) is 44.7 Å². The molecule has 0 bridgehead atoms. The lowest BCUT2D eigenvalue weighted by atomic mass is 10.1. The molecule has 0 radical (unpaired) electrons. The molecule has 2 heterocycles. The van der Waals surface area contributed by atoms with Crippen LogP contribution in [0, 0.1) is 17.2 Å². The molecule has 1 saturated heterocycles. The van der Waals surface area contributed by atoms with Crippen LogP contribution in [0.15, 0.2) is 12.3 Å². The van der Waals surface area contributed by atoms with Crippen molar-refractivity contribution in [3.63, 3.8) is 0 Å². The van der Waals surface area contributed by atoms with Crippen molar-refractivity contribution in [1.29, 1.82) is 5.26 Å². The first kappa shape index (κ1) is 15.6. The number of aromatic nitrogens is 1. The Morgan fingerprint density at radius 1 is 1.48 bits per heavy atom. The zero-order valence-electron chi connectivity index (χ0n) is 13.4. The van der Waals surface area contributed by atoms with E-state index < -0.39 is 0 Å². The van der Waals surface area contributed by atoms with Crippen LogP contribution in [0.2, 0.25) is 0 Å². The van der Waals surface area contributed by atoms with Gasteiger partial charge in [0.2, 0.25) is 5.91 Å². The van der Waals surface area contributed by atoms with Gasteiger partial charge >= 0.3 is 0 Å². The molecule has 1 aromatic rings. The van der Waals surface area contributed by atoms with Crippen LogP contribution in [-0.4, -0.2) is 52.8 Å². The number of H-pyrrole nitrogens is 1. The van der Waals surface area contributed by atoms with Gasteiger partial charge in [0.15, 0.2) is 0 Å². The van der Waals surface area contributed by atoms with Crippen LogP contribution >= 0.6 is 0 Å². The van der Waals surface area contributed by atoms with E-state index in [2.05, 4.69) is 4.98 Å². The summed E-state index contributed by atoms with van der Waals surface area (Å²) in [6.45, 7) is 1.32. The maximum atomic E-state index is 12.4. The van der Waals surface area contributed by atoms with Crippen LogP contribution in [0.3, 0.4) is 0 Å². The van der Waals surface area contributed by atoms with Gasteiger partial charge in [-0.1, -0.05) is 12.8 Å². The highest BCUT2D eigenvalue weighted by Crippen LogP contribution is 2.29. The van der Waals surface area contributed by atoms with Crippen molar-refractivity contribution in [2.45, 2.75) is 38.1 Å². The van der Waals surface area contributed by atoms with Crippen molar-refractivity contribution in [3.05, 3.63) is 23.5 Å². The molecule has 122 valence electrons. The van der Waals surface area contributed by atoms with Crippen molar-refractivity contribution in [2.75, 3.05) is 20.1 Å². The molecule has 1 unspecified atom stereocenters. The molecule has 1 aromatic heterocycles. The van der Waals surface area contributed by atoms with Crippen molar-refractivity contribution < 1.29 is 9.59 Å². The normalized spacial score (nSPS) is 21.7. The summed E-state index contributed by atoms with van der Waals surface area (Å²) in [5.74, 6) is 0.287. The number of likely N-dealkylation sites (tertiary alicyclic amines) is 1. The lowest BCUT2D eigenvalue weighted by molar-refractivity contribution is -0.129. The highest BCUT2D eigenvalue weighted by molar-refractivity contribution is 5.92. The molecule has 2 fully saturated rings. The molecular weight excluding hydrogens is 292 g/mol. The minimum atomic E-state index is -0.140. The minimum absolute atomic E-state index is 0.140. The van der Waals surface area contributed by atoms with Gasteiger partial charge in [-0.25, -0.2) is 0 Å². The number of amides is 2. The standard InChI is InChI=1S/C17H22N4O2/c1-20(17(23)15-6-12(8-18)9-19-15)10-13-7-16(22)21(11-13)14-4-2-3-5-14/h6,9,13-14,19H,2-5,7,10-11H2,1H3. The Kier molecular flexibility index (Phi) is 4.37. The predicted molar refractivity (Wildman–Crippen MR) is 84.5 cm³/mol. The number of carbonyl (C=O) groups excluding carboxylic acids is 2. The quantitative estimate of drug-likeness (QED) is 0.919. The number of aromatic amines is 1. The molecule has 1 saturated carbocycles. The third-order valence-corrected chi connectivity index (χ3v) is 4.93. The number of nitrogens with one attached hydrogen (secondary N) is 1. The zero-order chi connectivity index (χ0) is 16.4. The Balaban J connectivity index is 1.57. The average molecular weight is 314 g/mol. The second-order valence-electron chi connectivity index (χ2n) is 6.65. The van der Waals surface area contributed by atoms with Crippen molar-refractivity contribution in [3.8, 4) is 6.07 Å². The summed E-state index contributed by atoms with van der Waals surface area (Å²) in [7, 11) is 1.75. The van der Waals surface area contributed by atoms with Gasteiger partial charge in [0.1, 0.15) is 11.8 Å². The molecule has 1 N–H and O–H groups in total. The molecule has 1 aliphatic carbocycles. The fraction of sp³-hybridized carbons (Fsp3) is 0.588. The minimum Gasteiger partial charge on any atom is -0.356 e. The molecule has 2 aliphatic rings. The third kappa shape index (κ3) is 3.24. The number of nitriles is 1. The van der Waals surface area contributed by atoms with Crippen molar-refractivity contribution in [2.24, 2.45) is 5.92 Å². The zero-order valence-corrected chi connectivity index (χ0v) is 13.4. The molecular formula is C17H22N4O2. The molecule has 6 heteroatoms. The van der Waals surface area contributed by atoms with Crippen LogP contribution in [0.4, 0.5) is 0 Å². The topological polar surface area (TPSA) is 80.2 Å². The fourth-order valence-corrected chi connectivity index (χ4v) is 3.76. The Labute approximate surface area is 136 Å². The van der Waals surface area contributed by atoms with Gasteiger partial charge in [-0.15, -0.1) is 0 Å². The number of carbonyl (C=O) groups is 2. The van der Waals surface area contributed by atoms with E-state index in [1.54, 1.807) is 18.0 Å². The first-order valence-electron chi connectivity index (χ1n) is 8.22. The van der Waals surface area contributed by atoms with E-state index in [0.717, 1.165) is 19.4 Å². The smallest absolute Gasteiger partial charge is 0.270 e. The lowest BCUT2D eigenvalue weighted by Crippen LogP contribution is -2.36. The van der Waals surface area contributed by atoms with E-state index in [-0.39, 0.29) is 17.7 Å². The van der Waals surface area contributed by atoms with Gasteiger partial charge < -0.3 is 14.8 Å². The highest BCUT2D eigenvalue weighted by atomic mass is 16.2. The first-order chi connectivity index (χ1) is 11.1. The monoisotopic (exact) mass is 314 g/mol. The Morgan fingerprint density at radius 2 is 2.22 bits per heavy atom. The maximum absolute atomic E-state index is 12.4. The van der Waals surface area contributed by atoms with E-state index in [1.165, 1.54) is 19.0 Å². The van der Waals surface area contributed by atoms with Crippen LogP contribution in [-0.2, 0) is 4.79 Å². The summed E-state index contributed by atoms with van der Waals surface area (Å²) in [5.41, 5.74) is 0.867. The molecule has 1 aliphatic heterocycles. The molecule has 0 spiro atoms. The predicted octanol–water partition coefficient (Wildman–Crippen LogP) is 1.75. The summed E-state index contributed by atoms with van der Waals surface area (Å²) in [4.78, 5) is 31.1. The molecule has 2 amide bonds. The molecule has 1 atom stereocenters. The van der Waals surface area contributed by atoms with Crippen LogP contribution in [0.25, 0.3) is 0 Å². The number of rotatable bonds is 4. The lowest BCUT2D eigenvalue weighted by Gasteiger charge is -2.25. The summed E-state index contributed by atoms with van der Waals surface area (Å²) in [5, 5.41) is 8.83. The Morgan fingerprint density at radius 3 is 2.87 bits per heavy atom. The SMILES string of the molecule is CN(CC1CC(=O)N(C2CCCC2)C1)C(=O)c1cc(C#N)c[nH]1. The van der Waals surface area contributed by atoms with E-state index in [9.17, 15) is 9.59 Å². The van der Waals surface area contributed by atoms with Crippen LogP contribution in [0.1, 0.15) is 48.2 Å². The molecule has 23 heavy (non-hydrogen) atoms. The van der Waals surface area contributed by atoms with Crippen molar-refractivity contribution >= 4 is 11.8 Å². The van der Waals surface area contributed by atoms with E-state index in [0.29, 0.717) is 30.3 Å². The van der Waals surface area contributed by atoms with Gasteiger partial charge in [-0.3, -0.25) is 9.59 Å². The second-order valence-corrected chi connectivity index (χ2v) is 6.65. The van der Waals surface area contributed by atoms with Gasteiger partial charge in [0.05, 0.1) is 5.56 Å². The maximum Gasteiger partial charge on any atom is 0.270 e. The fourth-order valence-electron chi connectivity index (χ4n) is 3.76. The summed E-state index contributed by atoms with van der Waals surface area (Å²) >= 11 is 0. The van der Waals surface area contributed by atoms with Crippen molar-refractivity contribution in [1.82, 2.24) is 14.8 Å². The van der Waals surface area contributed by atoms with E-state index in [1.807, 2.05) is 11.0 Å². The van der Waals surface area contributed by atoms with Gasteiger partial charge in [0.25, 0.3) is 5.91 Å². The van der Waals surface area contributed by atoms with Crippen LogP contribution in [0.5, 0.6) is 0 Å². The largest absolute Gasteiger partial charge is 0.356 e. The summed E-state index contributed by atoms with van der Waals surface area (Å²) in [6, 6.07) is 3.97. The molecule has 3 rings (SSSR count). The first-order valence-corrected chi connectivity index (χ1v) is 8.22. The van der Waals surface area contributed by atoms with Gasteiger partial charge in [-0.2, -0.15) is 5.26 Å². The Hall–Kier alpha value is -2.29.